The van der Waals surface area contributed by atoms with E-state index >= 15 is 0 Å². The summed E-state index contributed by atoms with van der Waals surface area (Å²) in [6.45, 7) is 4.16. The maximum atomic E-state index is 12.9. The molecule has 1 fully saturated rings. The molecule has 2 aromatic carbocycles. The molecule has 184 valence electrons. The number of nitrogens with one attached hydrogen (secondary N) is 1. The first-order valence-electron chi connectivity index (χ1n) is 11.5. The lowest BCUT2D eigenvalue weighted by atomic mass is 10.0. The monoisotopic (exact) mass is 494 g/mol. The van der Waals surface area contributed by atoms with Gasteiger partial charge in [0, 0.05) is 42.6 Å². The van der Waals surface area contributed by atoms with Crippen LogP contribution in [0, 0.1) is 11.3 Å². The normalized spacial score (nSPS) is 15.3. The van der Waals surface area contributed by atoms with Crippen molar-refractivity contribution in [2.24, 2.45) is 10.7 Å². The van der Waals surface area contributed by atoms with Gasteiger partial charge in [0.15, 0.2) is 0 Å². The molecule has 0 bridgehead atoms. The van der Waals surface area contributed by atoms with Gasteiger partial charge in [-0.25, -0.2) is 0 Å². The van der Waals surface area contributed by atoms with E-state index in [1.807, 2.05) is 13.1 Å². The van der Waals surface area contributed by atoms with Gasteiger partial charge in [-0.2, -0.15) is 5.26 Å². The Labute approximate surface area is 211 Å². The minimum atomic E-state index is -0.410. The van der Waals surface area contributed by atoms with Crippen LogP contribution in [0.4, 0.5) is 17.1 Å². The molecule has 1 amide bonds. The van der Waals surface area contributed by atoms with Crippen LogP contribution >= 0.6 is 11.6 Å². The van der Waals surface area contributed by atoms with E-state index < -0.39 is 5.91 Å². The summed E-state index contributed by atoms with van der Waals surface area (Å²) in [5, 5.41) is 22.4. The summed E-state index contributed by atoms with van der Waals surface area (Å²) in [5.41, 5.74) is 8.93. The van der Waals surface area contributed by atoms with Crippen LogP contribution in [0.5, 0.6) is 0 Å². The molecule has 35 heavy (non-hydrogen) atoms. The summed E-state index contributed by atoms with van der Waals surface area (Å²) < 4.78 is 0. The van der Waals surface area contributed by atoms with Crippen molar-refractivity contribution < 1.29 is 9.90 Å². The molecule has 9 heteroatoms. The van der Waals surface area contributed by atoms with Crippen molar-refractivity contribution in [3.8, 4) is 6.07 Å². The van der Waals surface area contributed by atoms with Crippen molar-refractivity contribution in [1.29, 1.82) is 5.26 Å². The maximum Gasteiger partial charge on any atom is 0.258 e. The SMILES string of the molecule is CC(=Nc1ccc(Cl)cc1)C(=CN)C(=O)Nc1ccc(N2CCC(N(C)CCO)CC2)c(C#N)c1. The number of aliphatic imine (C=N–C) groups is 1. The second-order valence-electron chi connectivity index (χ2n) is 8.47. The summed E-state index contributed by atoms with van der Waals surface area (Å²) in [6.07, 6.45) is 3.13. The molecule has 1 aliphatic rings. The Balaban J connectivity index is 1.69. The van der Waals surface area contributed by atoms with Crippen LogP contribution in [0.1, 0.15) is 25.3 Å². The Morgan fingerprint density at radius 3 is 2.60 bits per heavy atom. The average Bonchev–Trinajstić information content (AvgIpc) is 2.86. The molecule has 0 saturated carbocycles. The number of halogens is 1. The maximum absolute atomic E-state index is 12.9. The number of aliphatic hydroxyl groups excluding tert-OH is 1. The van der Waals surface area contributed by atoms with Crippen LogP contribution in [0.15, 0.2) is 59.2 Å². The van der Waals surface area contributed by atoms with E-state index in [0.717, 1.165) is 31.6 Å². The number of nitriles is 1. The van der Waals surface area contributed by atoms with Gasteiger partial charge in [0.05, 0.1) is 34.8 Å². The van der Waals surface area contributed by atoms with Crippen molar-refractivity contribution in [3.63, 3.8) is 0 Å². The molecule has 0 atom stereocenters. The highest BCUT2D eigenvalue weighted by atomic mass is 35.5. The number of carbonyl (C=O) groups is 1. The smallest absolute Gasteiger partial charge is 0.258 e. The first-order chi connectivity index (χ1) is 16.9. The second kappa shape index (κ2) is 12.4. The predicted octanol–water partition coefficient (Wildman–Crippen LogP) is 3.68. The van der Waals surface area contributed by atoms with E-state index in [1.165, 1.54) is 6.20 Å². The third kappa shape index (κ3) is 6.83. The van der Waals surface area contributed by atoms with Gasteiger partial charge < -0.3 is 26.0 Å². The van der Waals surface area contributed by atoms with Gasteiger partial charge in [-0.15, -0.1) is 0 Å². The number of hydrogen-bond acceptors (Lipinski definition) is 7. The van der Waals surface area contributed by atoms with Gasteiger partial charge in [-0.1, -0.05) is 11.6 Å². The van der Waals surface area contributed by atoms with E-state index in [9.17, 15) is 15.2 Å². The summed E-state index contributed by atoms with van der Waals surface area (Å²) >= 11 is 5.91. The molecule has 1 aliphatic heterocycles. The average molecular weight is 495 g/mol. The fourth-order valence-electron chi connectivity index (χ4n) is 4.20. The van der Waals surface area contributed by atoms with E-state index in [4.69, 9.17) is 17.3 Å². The number of anilines is 2. The van der Waals surface area contributed by atoms with Crippen molar-refractivity contribution in [2.75, 3.05) is 43.5 Å². The number of piperidine rings is 1. The Morgan fingerprint density at radius 2 is 2.00 bits per heavy atom. The first-order valence-corrected chi connectivity index (χ1v) is 11.9. The second-order valence-corrected chi connectivity index (χ2v) is 8.91. The predicted molar refractivity (Wildman–Crippen MR) is 141 cm³/mol. The molecule has 0 aliphatic carbocycles. The lowest BCUT2D eigenvalue weighted by Gasteiger charge is -2.38. The first kappa shape index (κ1) is 26.2. The number of hydrogen-bond donors (Lipinski definition) is 3. The van der Waals surface area contributed by atoms with Gasteiger partial charge in [0.1, 0.15) is 6.07 Å². The van der Waals surface area contributed by atoms with E-state index in [-0.39, 0.29) is 12.2 Å². The molecule has 3 rings (SSSR count). The zero-order chi connectivity index (χ0) is 25.4. The zero-order valence-corrected chi connectivity index (χ0v) is 20.8. The molecule has 0 unspecified atom stereocenters. The standard InChI is InChI=1S/C26H31ClN6O2/c1-18(30-21-5-3-20(27)4-6-21)24(17-29)26(35)31-22-7-8-25(19(15-22)16-28)33-11-9-23(10-12-33)32(2)13-14-34/h3-8,15,17,23,34H,9-14,29H2,1-2H3,(H,31,35). The van der Waals surface area contributed by atoms with Crippen LogP contribution in [-0.2, 0) is 4.79 Å². The summed E-state index contributed by atoms with van der Waals surface area (Å²) in [7, 11) is 2.03. The van der Waals surface area contributed by atoms with Crippen LogP contribution in [0.3, 0.4) is 0 Å². The molecular weight excluding hydrogens is 464 g/mol. The Morgan fingerprint density at radius 1 is 1.31 bits per heavy atom. The van der Waals surface area contributed by atoms with Crippen molar-refractivity contribution in [3.05, 3.63) is 64.8 Å². The largest absolute Gasteiger partial charge is 0.404 e. The number of aliphatic hydroxyl groups is 1. The van der Waals surface area contributed by atoms with Gasteiger partial charge in [0.25, 0.3) is 5.91 Å². The number of rotatable bonds is 8. The van der Waals surface area contributed by atoms with Crippen LogP contribution in [-0.4, -0.2) is 61.0 Å². The van der Waals surface area contributed by atoms with Gasteiger partial charge in [0.2, 0.25) is 0 Å². The summed E-state index contributed by atoms with van der Waals surface area (Å²) in [5.74, 6) is -0.410. The van der Waals surface area contributed by atoms with Crippen molar-refractivity contribution in [1.82, 2.24) is 4.90 Å². The topological polar surface area (TPSA) is 118 Å². The van der Waals surface area contributed by atoms with Crippen LogP contribution < -0.4 is 16.0 Å². The fraction of sp³-hybridized carbons (Fsp3) is 0.346. The lowest BCUT2D eigenvalue weighted by molar-refractivity contribution is -0.112. The minimum Gasteiger partial charge on any atom is -0.404 e. The Bertz CT molecular complexity index is 1130. The highest BCUT2D eigenvalue weighted by Gasteiger charge is 2.24. The third-order valence-corrected chi connectivity index (χ3v) is 6.43. The third-order valence-electron chi connectivity index (χ3n) is 6.18. The van der Waals surface area contributed by atoms with E-state index in [2.05, 4.69) is 26.2 Å². The summed E-state index contributed by atoms with van der Waals surface area (Å²) in [4.78, 5) is 21.7. The fourth-order valence-corrected chi connectivity index (χ4v) is 4.32. The quantitative estimate of drug-likeness (QED) is 0.380. The van der Waals surface area contributed by atoms with Gasteiger partial charge in [-0.05, 0) is 69.3 Å². The highest BCUT2D eigenvalue weighted by molar-refractivity contribution is 6.30. The molecule has 1 heterocycles. The van der Waals surface area contributed by atoms with Crippen molar-refractivity contribution in [2.45, 2.75) is 25.8 Å². The minimum absolute atomic E-state index is 0.149. The van der Waals surface area contributed by atoms with Crippen LogP contribution in [0.2, 0.25) is 5.02 Å². The highest BCUT2D eigenvalue weighted by Crippen LogP contribution is 2.28. The van der Waals surface area contributed by atoms with Gasteiger partial charge in [-0.3, -0.25) is 9.79 Å². The molecule has 0 aromatic heterocycles. The molecule has 0 radical (unpaired) electrons. The zero-order valence-electron chi connectivity index (χ0n) is 20.0. The number of likely N-dealkylation sites (N-methyl/N-ethyl adjacent to an activating group) is 1. The van der Waals surface area contributed by atoms with E-state index in [0.29, 0.717) is 40.3 Å². The van der Waals surface area contributed by atoms with Gasteiger partial charge >= 0.3 is 0 Å². The Kier molecular flexibility index (Phi) is 9.26. The number of nitrogens with zero attached hydrogens (tertiary/aromatic N) is 4. The lowest BCUT2D eigenvalue weighted by Crippen LogP contribution is -2.44. The van der Waals surface area contributed by atoms with E-state index in [1.54, 1.807) is 43.3 Å². The molecule has 8 nitrogen and oxygen atoms in total. The summed E-state index contributed by atoms with van der Waals surface area (Å²) in [6, 6.07) is 15.0. The van der Waals surface area contributed by atoms with Crippen LogP contribution in [0.25, 0.3) is 0 Å². The van der Waals surface area contributed by atoms with Crippen molar-refractivity contribution >= 4 is 40.3 Å². The number of amides is 1. The molecule has 0 spiro atoms. The number of benzene rings is 2. The molecule has 4 N–H and O–H groups in total. The number of carbonyl (C=O) groups excluding carboxylic acids is 1. The molecule has 1 saturated heterocycles. The number of nitrogens with two attached hydrogens (primary N) is 1. The molecular formula is C26H31ClN6O2. The Hall–Kier alpha value is -3.38. The molecule has 2 aromatic rings.